The van der Waals surface area contributed by atoms with Crippen molar-refractivity contribution >= 4 is 5.69 Å². The highest BCUT2D eigenvalue weighted by atomic mass is 15.1. The van der Waals surface area contributed by atoms with E-state index in [0.717, 1.165) is 31.7 Å². The Bertz CT molecular complexity index is 511. The molecule has 3 nitrogen and oxygen atoms in total. The first-order valence-corrected chi connectivity index (χ1v) is 7.08. The molecule has 0 fully saturated rings. The van der Waals surface area contributed by atoms with E-state index >= 15 is 0 Å². The van der Waals surface area contributed by atoms with Gasteiger partial charge in [-0.1, -0.05) is 42.5 Å². The second-order valence-corrected chi connectivity index (χ2v) is 5.05. The minimum atomic E-state index is 0.678. The Labute approximate surface area is 121 Å². The first-order chi connectivity index (χ1) is 9.78. The third kappa shape index (κ3) is 4.68. The van der Waals surface area contributed by atoms with Gasteiger partial charge in [-0.25, -0.2) is 0 Å². The zero-order valence-electron chi connectivity index (χ0n) is 11.8. The summed E-state index contributed by atoms with van der Waals surface area (Å²) in [6.07, 6.45) is 1.04. The summed E-state index contributed by atoms with van der Waals surface area (Å²) < 4.78 is 0. The Morgan fingerprint density at radius 1 is 0.850 bits per heavy atom. The topological polar surface area (TPSA) is 55.3 Å². The van der Waals surface area contributed by atoms with Crippen molar-refractivity contribution in [2.24, 2.45) is 5.73 Å². The molecule has 0 aliphatic heterocycles. The van der Waals surface area contributed by atoms with E-state index in [0.29, 0.717) is 6.54 Å². The van der Waals surface area contributed by atoms with E-state index < -0.39 is 0 Å². The van der Waals surface area contributed by atoms with Gasteiger partial charge in [0.1, 0.15) is 0 Å². The van der Waals surface area contributed by atoms with E-state index in [-0.39, 0.29) is 0 Å². The molecule has 2 aromatic rings. The number of hydrogen-bond donors (Lipinski definition) is 2. The normalized spacial score (nSPS) is 10.9. The Balaban J connectivity index is 1.93. The highest BCUT2D eigenvalue weighted by Gasteiger charge is 2.06. The molecule has 0 atom stereocenters. The van der Waals surface area contributed by atoms with Crippen LogP contribution in [0.2, 0.25) is 0 Å². The van der Waals surface area contributed by atoms with Crippen LogP contribution in [0.5, 0.6) is 0 Å². The molecular formula is C17H23N3. The van der Waals surface area contributed by atoms with Gasteiger partial charge >= 0.3 is 0 Å². The van der Waals surface area contributed by atoms with Gasteiger partial charge in [-0.3, -0.25) is 4.90 Å². The van der Waals surface area contributed by atoms with Crippen molar-refractivity contribution in [2.45, 2.75) is 13.0 Å². The number of hydrogen-bond acceptors (Lipinski definition) is 3. The predicted molar refractivity (Wildman–Crippen MR) is 85.3 cm³/mol. The van der Waals surface area contributed by atoms with Crippen LogP contribution in [0.3, 0.4) is 0 Å². The molecule has 0 saturated carbocycles. The maximum absolute atomic E-state index is 5.83. The van der Waals surface area contributed by atoms with Crippen LogP contribution >= 0.6 is 0 Å². The third-order valence-corrected chi connectivity index (χ3v) is 3.36. The van der Waals surface area contributed by atoms with Crippen LogP contribution in [0.4, 0.5) is 5.69 Å². The molecule has 4 N–H and O–H groups in total. The molecule has 0 bridgehead atoms. The van der Waals surface area contributed by atoms with E-state index in [1.165, 1.54) is 11.1 Å². The van der Waals surface area contributed by atoms with Gasteiger partial charge in [-0.15, -0.1) is 0 Å². The quantitative estimate of drug-likeness (QED) is 0.758. The molecule has 0 heterocycles. The molecule has 2 rings (SSSR count). The summed E-state index contributed by atoms with van der Waals surface area (Å²) in [4.78, 5) is 2.38. The second-order valence-electron chi connectivity index (χ2n) is 5.05. The van der Waals surface area contributed by atoms with Gasteiger partial charge < -0.3 is 11.5 Å². The van der Waals surface area contributed by atoms with Gasteiger partial charge in [-0.05, 0) is 29.7 Å². The lowest BCUT2D eigenvalue weighted by Gasteiger charge is -2.22. The minimum absolute atomic E-state index is 0.678. The van der Waals surface area contributed by atoms with Crippen molar-refractivity contribution in [3.8, 4) is 0 Å². The summed E-state index contributed by atoms with van der Waals surface area (Å²) in [5, 5.41) is 0. The van der Waals surface area contributed by atoms with E-state index in [1.807, 2.05) is 24.3 Å². The summed E-state index contributed by atoms with van der Waals surface area (Å²) >= 11 is 0. The van der Waals surface area contributed by atoms with Gasteiger partial charge in [0.2, 0.25) is 0 Å². The van der Waals surface area contributed by atoms with Crippen molar-refractivity contribution in [3.63, 3.8) is 0 Å². The lowest BCUT2D eigenvalue weighted by molar-refractivity contribution is 0.276. The Kier molecular flexibility index (Phi) is 5.59. The zero-order valence-corrected chi connectivity index (χ0v) is 11.8. The smallest absolute Gasteiger partial charge is 0.0317 e. The van der Waals surface area contributed by atoms with Crippen LogP contribution in [0.15, 0.2) is 54.6 Å². The third-order valence-electron chi connectivity index (χ3n) is 3.36. The number of nitrogens with two attached hydrogens (primary N) is 2. The van der Waals surface area contributed by atoms with Crippen molar-refractivity contribution in [2.75, 3.05) is 25.4 Å². The summed E-state index contributed by atoms with van der Waals surface area (Å²) in [7, 11) is 0. The molecule has 0 aliphatic rings. The largest absolute Gasteiger partial charge is 0.399 e. The summed E-state index contributed by atoms with van der Waals surface area (Å²) in [5.41, 5.74) is 15.0. The van der Waals surface area contributed by atoms with Gasteiger partial charge in [-0.2, -0.15) is 0 Å². The van der Waals surface area contributed by atoms with E-state index in [4.69, 9.17) is 11.5 Å². The summed E-state index contributed by atoms with van der Waals surface area (Å²) in [6, 6.07) is 18.6. The number of benzene rings is 2. The molecule has 2 aromatic carbocycles. The Morgan fingerprint density at radius 3 is 2.30 bits per heavy atom. The first-order valence-electron chi connectivity index (χ1n) is 7.08. The first kappa shape index (κ1) is 14.6. The van der Waals surface area contributed by atoms with Gasteiger partial charge in [0.05, 0.1) is 0 Å². The Morgan fingerprint density at radius 2 is 1.60 bits per heavy atom. The number of nitrogens with zero attached hydrogens (tertiary/aromatic N) is 1. The molecule has 0 unspecified atom stereocenters. The molecule has 0 amide bonds. The molecule has 3 heteroatoms. The van der Waals surface area contributed by atoms with Crippen LogP contribution < -0.4 is 11.5 Å². The molecule has 0 radical (unpaired) electrons. The van der Waals surface area contributed by atoms with Crippen LogP contribution in [-0.2, 0) is 13.0 Å². The molecule has 0 aliphatic carbocycles. The maximum Gasteiger partial charge on any atom is 0.0317 e. The lowest BCUT2D eigenvalue weighted by Crippen LogP contribution is -2.31. The highest BCUT2D eigenvalue weighted by molar-refractivity contribution is 5.40. The Hall–Kier alpha value is -1.84. The van der Waals surface area contributed by atoms with Crippen molar-refractivity contribution in [1.82, 2.24) is 4.90 Å². The molecule has 0 aromatic heterocycles. The zero-order chi connectivity index (χ0) is 14.2. The van der Waals surface area contributed by atoms with E-state index in [9.17, 15) is 0 Å². The van der Waals surface area contributed by atoms with Gasteiger partial charge in [0.15, 0.2) is 0 Å². The van der Waals surface area contributed by atoms with Crippen LogP contribution in [0.25, 0.3) is 0 Å². The molecule has 20 heavy (non-hydrogen) atoms. The fourth-order valence-corrected chi connectivity index (χ4v) is 2.33. The molecule has 106 valence electrons. The number of anilines is 1. The minimum Gasteiger partial charge on any atom is -0.399 e. The fourth-order valence-electron chi connectivity index (χ4n) is 2.33. The molecular weight excluding hydrogens is 246 g/mol. The highest BCUT2D eigenvalue weighted by Crippen LogP contribution is 2.10. The fraction of sp³-hybridized carbons (Fsp3) is 0.294. The number of rotatable bonds is 7. The molecule has 0 spiro atoms. The molecule has 0 saturated heterocycles. The monoisotopic (exact) mass is 269 g/mol. The van der Waals surface area contributed by atoms with Gasteiger partial charge in [0, 0.05) is 31.9 Å². The summed E-state index contributed by atoms with van der Waals surface area (Å²) in [5.74, 6) is 0. The van der Waals surface area contributed by atoms with E-state index in [1.54, 1.807) is 0 Å². The van der Waals surface area contributed by atoms with Crippen molar-refractivity contribution in [3.05, 3.63) is 65.7 Å². The van der Waals surface area contributed by atoms with Gasteiger partial charge in [0.25, 0.3) is 0 Å². The second kappa shape index (κ2) is 7.68. The van der Waals surface area contributed by atoms with Crippen LogP contribution in [-0.4, -0.2) is 24.5 Å². The average Bonchev–Trinajstić information content (AvgIpc) is 2.46. The predicted octanol–water partition coefficient (Wildman–Crippen LogP) is 2.27. The van der Waals surface area contributed by atoms with Crippen LogP contribution in [0, 0.1) is 0 Å². The number of nitrogen functional groups attached to an aromatic ring is 1. The lowest BCUT2D eigenvalue weighted by atomic mass is 10.1. The SMILES string of the molecule is NCCN(CCc1ccccc1)Cc1cccc(N)c1. The standard InChI is InChI=1S/C17H23N3/c18-10-12-20(11-9-15-5-2-1-3-6-15)14-16-7-4-8-17(19)13-16/h1-8,13H,9-12,14,18-19H2. The maximum atomic E-state index is 5.83. The van der Waals surface area contributed by atoms with Crippen molar-refractivity contribution < 1.29 is 0 Å². The van der Waals surface area contributed by atoms with Crippen LogP contribution in [0.1, 0.15) is 11.1 Å². The van der Waals surface area contributed by atoms with Crippen molar-refractivity contribution in [1.29, 1.82) is 0 Å². The summed E-state index contributed by atoms with van der Waals surface area (Å²) in [6.45, 7) is 3.49. The van der Waals surface area contributed by atoms with E-state index in [2.05, 4.69) is 35.2 Å². The average molecular weight is 269 g/mol.